The van der Waals surface area contributed by atoms with E-state index in [1.807, 2.05) is 6.92 Å². The van der Waals surface area contributed by atoms with Gasteiger partial charge in [0.15, 0.2) is 0 Å². The Hall–Kier alpha value is -1.41. The van der Waals surface area contributed by atoms with Crippen molar-refractivity contribution in [2.45, 2.75) is 37.6 Å². The second-order valence-corrected chi connectivity index (χ2v) is 7.13. The van der Waals surface area contributed by atoms with Crippen molar-refractivity contribution in [2.24, 2.45) is 5.92 Å². The van der Waals surface area contributed by atoms with E-state index in [4.69, 9.17) is 5.11 Å². The van der Waals surface area contributed by atoms with E-state index in [0.717, 1.165) is 12.8 Å². The predicted molar refractivity (Wildman–Crippen MR) is 71.6 cm³/mol. The van der Waals surface area contributed by atoms with Crippen molar-refractivity contribution in [1.29, 1.82) is 0 Å². The molecule has 0 aliphatic carbocycles. The lowest BCUT2D eigenvalue weighted by Gasteiger charge is -2.29. The SMILES string of the molecule is CC1CCCN(S(=O)(=O)c2cnn(CCC(=O)O)c2)C1. The van der Waals surface area contributed by atoms with Crippen molar-refractivity contribution < 1.29 is 18.3 Å². The standard InChI is InChI=1S/C12H19N3O4S/c1-10-3-2-5-15(8-10)20(18,19)11-7-13-14(9-11)6-4-12(16)17/h7,9-10H,2-6,8H2,1H3,(H,16,17). The third-order valence-electron chi connectivity index (χ3n) is 3.42. The first-order valence-electron chi connectivity index (χ1n) is 6.64. The van der Waals surface area contributed by atoms with Gasteiger partial charge in [0.2, 0.25) is 10.0 Å². The van der Waals surface area contributed by atoms with Crippen LogP contribution in [0.25, 0.3) is 0 Å². The highest BCUT2D eigenvalue weighted by molar-refractivity contribution is 7.89. The number of hydrogen-bond acceptors (Lipinski definition) is 4. The molecule has 1 aliphatic heterocycles. The Morgan fingerprint density at radius 2 is 2.30 bits per heavy atom. The lowest BCUT2D eigenvalue weighted by Crippen LogP contribution is -2.38. The molecule has 20 heavy (non-hydrogen) atoms. The Balaban J connectivity index is 2.11. The lowest BCUT2D eigenvalue weighted by atomic mass is 10.0. The number of aliphatic carboxylic acids is 1. The molecule has 0 bridgehead atoms. The summed E-state index contributed by atoms with van der Waals surface area (Å²) in [5, 5.41) is 12.5. The molecule has 1 aliphatic rings. The summed E-state index contributed by atoms with van der Waals surface area (Å²) < 4.78 is 27.7. The molecule has 112 valence electrons. The quantitative estimate of drug-likeness (QED) is 0.867. The van der Waals surface area contributed by atoms with Gasteiger partial charge in [0, 0.05) is 19.3 Å². The largest absolute Gasteiger partial charge is 0.481 e. The molecule has 2 rings (SSSR count). The smallest absolute Gasteiger partial charge is 0.305 e. The molecule has 0 spiro atoms. The van der Waals surface area contributed by atoms with Gasteiger partial charge in [-0.25, -0.2) is 8.42 Å². The predicted octanol–water partition coefficient (Wildman–Crippen LogP) is 0.778. The molecular weight excluding hydrogens is 282 g/mol. The van der Waals surface area contributed by atoms with E-state index >= 15 is 0 Å². The zero-order valence-electron chi connectivity index (χ0n) is 11.4. The Bertz CT molecular complexity index is 581. The van der Waals surface area contributed by atoms with Gasteiger partial charge in [0.25, 0.3) is 0 Å². The van der Waals surface area contributed by atoms with Crippen molar-refractivity contribution in [3.63, 3.8) is 0 Å². The van der Waals surface area contributed by atoms with E-state index in [1.165, 1.54) is 21.4 Å². The van der Waals surface area contributed by atoms with E-state index in [0.29, 0.717) is 19.0 Å². The number of carboxylic acid groups (broad SMARTS) is 1. The molecule has 1 unspecified atom stereocenters. The van der Waals surface area contributed by atoms with Crippen LogP contribution in [0.1, 0.15) is 26.2 Å². The van der Waals surface area contributed by atoms with E-state index in [-0.39, 0.29) is 17.9 Å². The molecule has 0 amide bonds. The molecule has 0 radical (unpaired) electrons. The van der Waals surface area contributed by atoms with Crippen molar-refractivity contribution in [3.05, 3.63) is 12.4 Å². The van der Waals surface area contributed by atoms with E-state index in [1.54, 1.807) is 0 Å². The minimum Gasteiger partial charge on any atom is -0.481 e. The molecule has 7 nitrogen and oxygen atoms in total. The highest BCUT2D eigenvalue weighted by Crippen LogP contribution is 2.23. The molecule has 1 fully saturated rings. The minimum absolute atomic E-state index is 0.0814. The summed E-state index contributed by atoms with van der Waals surface area (Å²) in [5.41, 5.74) is 0. The Morgan fingerprint density at radius 3 is 2.95 bits per heavy atom. The van der Waals surface area contributed by atoms with Crippen molar-refractivity contribution >= 4 is 16.0 Å². The number of nitrogens with zero attached hydrogens (tertiary/aromatic N) is 3. The fourth-order valence-electron chi connectivity index (χ4n) is 2.32. The summed E-state index contributed by atoms with van der Waals surface area (Å²) in [7, 11) is -3.51. The number of aromatic nitrogens is 2. The lowest BCUT2D eigenvalue weighted by molar-refractivity contribution is -0.137. The van der Waals surface area contributed by atoms with Crippen molar-refractivity contribution in [1.82, 2.24) is 14.1 Å². The molecule has 1 aromatic heterocycles. The average Bonchev–Trinajstić information content (AvgIpc) is 2.86. The number of aryl methyl sites for hydroxylation is 1. The number of carbonyl (C=O) groups is 1. The first-order valence-corrected chi connectivity index (χ1v) is 8.08. The minimum atomic E-state index is -3.51. The Kier molecular flexibility index (Phi) is 4.44. The van der Waals surface area contributed by atoms with Gasteiger partial charge in [-0.2, -0.15) is 9.40 Å². The summed E-state index contributed by atoms with van der Waals surface area (Å²) in [6, 6.07) is 0. The van der Waals surface area contributed by atoms with Gasteiger partial charge in [0.1, 0.15) is 4.90 Å². The molecule has 1 N–H and O–H groups in total. The zero-order chi connectivity index (χ0) is 14.8. The second kappa shape index (κ2) is 5.92. The van der Waals surface area contributed by atoms with Crippen LogP contribution in [0, 0.1) is 5.92 Å². The number of carboxylic acids is 1. The fraction of sp³-hybridized carbons (Fsp3) is 0.667. The summed E-state index contributed by atoms with van der Waals surface area (Å²) in [5.74, 6) is -0.574. The van der Waals surface area contributed by atoms with E-state index < -0.39 is 16.0 Å². The van der Waals surface area contributed by atoms with Gasteiger partial charge < -0.3 is 5.11 Å². The van der Waals surface area contributed by atoms with Gasteiger partial charge >= 0.3 is 5.97 Å². The number of hydrogen-bond donors (Lipinski definition) is 1. The average molecular weight is 301 g/mol. The first-order chi connectivity index (χ1) is 9.39. The number of piperidine rings is 1. The molecule has 0 saturated carbocycles. The maximum Gasteiger partial charge on any atom is 0.305 e. The van der Waals surface area contributed by atoms with Crippen LogP contribution in [0.5, 0.6) is 0 Å². The van der Waals surface area contributed by atoms with Gasteiger partial charge in [-0.3, -0.25) is 9.48 Å². The fourth-order valence-corrected chi connectivity index (χ4v) is 3.88. The van der Waals surface area contributed by atoms with Gasteiger partial charge in [-0.1, -0.05) is 6.92 Å². The van der Waals surface area contributed by atoms with Gasteiger partial charge in [0.05, 0.1) is 19.2 Å². The molecule has 2 heterocycles. The molecule has 8 heteroatoms. The Morgan fingerprint density at radius 1 is 1.55 bits per heavy atom. The number of rotatable bonds is 5. The van der Waals surface area contributed by atoms with Crippen LogP contribution in [0.4, 0.5) is 0 Å². The van der Waals surface area contributed by atoms with Gasteiger partial charge in [-0.15, -0.1) is 0 Å². The van der Waals surface area contributed by atoms with Gasteiger partial charge in [-0.05, 0) is 18.8 Å². The third kappa shape index (κ3) is 3.37. The monoisotopic (exact) mass is 301 g/mol. The molecule has 1 aromatic rings. The second-order valence-electron chi connectivity index (χ2n) is 5.19. The maximum absolute atomic E-state index is 12.4. The normalized spacial score (nSPS) is 20.9. The highest BCUT2D eigenvalue weighted by Gasteiger charge is 2.29. The van der Waals surface area contributed by atoms with Crippen LogP contribution in [0.15, 0.2) is 17.3 Å². The number of sulfonamides is 1. The highest BCUT2D eigenvalue weighted by atomic mass is 32.2. The van der Waals surface area contributed by atoms with Crippen LogP contribution >= 0.6 is 0 Å². The van der Waals surface area contributed by atoms with Crippen LogP contribution in [0.2, 0.25) is 0 Å². The molecular formula is C12H19N3O4S. The topological polar surface area (TPSA) is 92.5 Å². The van der Waals surface area contributed by atoms with Crippen molar-refractivity contribution in [3.8, 4) is 0 Å². The first kappa shape index (κ1) is 15.0. The molecule has 1 atom stereocenters. The summed E-state index contributed by atoms with van der Waals surface area (Å²) in [4.78, 5) is 10.6. The van der Waals surface area contributed by atoms with Crippen LogP contribution in [-0.4, -0.2) is 46.7 Å². The van der Waals surface area contributed by atoms with E-state index in [9.17, 15) is 13.2 Å². The van der Waals surface area contributed by atoms with Crippen LogP contribution in [0.3, 0.4) is 0 Å². The van der Waals surface area contributed by atoms with Crippen molar-refractivity contribution in [2.75, 3.05) is 13.1 Å². The zero-order valence-corrected chi connectivity index (χ0v) is 12.2. The van der Waals surface area contributed by atoms with Crippen LogP contribution < -0.4 is 0 Å². The maximum atomic E-state index is 12.4. The van der Waals surface area contributed by atoms with E-state index in [2.05, 4.69) is 5.10 Å². The third-order valence-corrected chi connectivity index (χ3v) is 5.24. The molecule has 1 saturated heterocycles. The summed E-state index contributed by atoms with van der Waals surface area (Å²) in [6.07, 6.45) is 4.52. The summed E-state index contributed by atoms with van der Waals surface area (Å²) in [6.45, 7) is 3.27. The summed E-state index contributed by atoms with van der Waals surface area (Å²) >= 11 is 0. The Labute approximate surface area is 118 Å². The van der Waals surface area contributed by atoms with Crippen LogP contribution in [-0.2, 0) is 21.4 Å². The molecule has 0 aromatic carbocycles.